The third kappa shape index (κ3) is 6.83. The first-order valence-corrected chi connectivity index (χ1v) is 21.0. The van der Waals surface area contributed by atoms with E-state index in [1.165, 1.54) is 88.0 Å². The van der Waals surface area contributed by atoms with E-state index in [2.05, 4.69) is 254 Å². The van der Waals surface area contributed by atoms with Crippen molar-refractivity contribution in [2.45, 2.75) is 0 Å². The van der Waals surface area contributed by atoms with Gasteiger partial charge >= 0.3 is 0 Å². The first-order valence-electron chi connectivity index (χ1n) is 21.0. The van der Waals surface area contributed by atoms with Gasteiger partial charge in [0.25, 0.3) is 0 Å². The fraction of sp³-hybridized carbons (Fsp3) is 0. The molecule has 1 nitrogen and oxygen atoms in total. The van der Waals surface area contributed by atoms with Gasteiger partial charge in [-0.15, -0.1) is 0 Å². The Labute approximate surface area is 357 Å². The number of rotatable bonds is 8. The fourth-order valence-electron chi connectivity index (χ4n) is 9.05. The topological polar surface area (TPSA) is 3.24 Å². The summed E-state index contributed by atoms with van der Waals surface area (Å²) in [6.45, 7) is 0. The highest BCUT2D eigenvalue weighted by Gasteiger charge is 2.18. The molecule has 11 aromatic carbocycles. The highest BCUT2D eigenvalue weighted by atomic mass is 15.1. The summed E-state index contributed by atoms with van der Waals surface area (Å²) >= 11 is 0. The Hall–Kier alpha value is -8.00. The van der Waals surface area contributed by atoms with Gasteiger partial charge in [-0.1, -0.05) is 206 Å². The maximum Gasteiger partial charge on any atom is 0.0468 e. The zero-order valence-electron chi connectivity index (χ0n) is 33.6. The van der Waals surface area contributed by atoms with Crippen LogP contribution >= 0.6 is 0 Å². The first-order chi connectivity index (χ1) is 30.2. The third-order valence-electron chi connectivity index (χ3n) is 12.1. The summed E-state index contributed by atoms with van der Waals surface area (Å²) in [7, 11) is 0. The molecule has 0 aliphatic carbocycles. The number of fused-ring (bicyclic) bond motifs is 5. The van der Waals surface area contributed by atoms with Crippen LogP contribution in [0.5, 0.6) is 0 Å². The van der Waals surface area contributed by atoms with Crippen molar-refractivity contribution in [3.63, 3.8) is 0 Å². The largest absolute Gasteiger partial charge is 0.310 e. The van der Waals surface area contributed by atoms with E-state index >= 15 is 0 Å². The minimum atomic E-state index is 1.09. The van der Waals surface area contributed by atoms with E-state index in [0.29, 0.717) is 0 Å². The van der Waals surface area contributed by atoms with Crippen LogP contribution in [0.15, 0.2) is 249 Å². The molecule has 0 aliphatic rings. The van der Waals surface area contributed by atoms with Crippen LogP contribution in [0.25, 0.3) is 88.0 Å². The van der Waals surface area contributed by atoms with Crippen molar-refractivity contribution < 1.29 is 0 Å². The van der Waals surface area contributed by atoms with E-state index in [4.69, 9.17) is 0 Å². The van der Waals surface area contributed by atoms with Crippen LogP contribution in [0.2, 0.25) is 0 Å². The molecule has 0 aromatic heterocycles. The SMILES string of the molecule is c1ccc(-c2ccc(N(c3ccc(-c4ccccc4-c4ccccc4)cc3)c3ccc(-c4ccc5c(ccc6c7ccccc7ccc56)c4)c(-c4ccccc4)c3)cc2)cc1. The molecule has 0 amide bonds. The first kappa shape index (κ1) is 36.1. The quantitative estimate of drug-likeness (QED) is 0.139. The van der Waals surface area contributed by atoms with Gasteiger partial charge in [-0.2, -0.15) is 0 Å². The molecular formula is C60H41N. The van der Waals surface area contributed by atoms with Crippen LogP contribution in [0.4, 0.5) is 17.1 Å². The summed E-state index contributed by atoms with van der Waals surface area (Å²) < 4.78 is 0. The van der Waals surface area contributed by atoms with Crippen LogP contribution in [0.3, 0.4) is 0 Å². The van der Waals surface area contributed by atoms with Gasteiger partial charge in [0.1, 0.15) is 0 Å². The molecule has 0 radical (unpaired) electrons. The number of hydrogen-bond acceptors (Lipinski definition) is 1. The number of hydrogen-bond donors (Lipinski definition) is 0. The summed E-state index contributed by atoms with van der Waals surface area (Å²) in [6, 6.07) is 90.4. The molecule has 0 saturated carbocycles. The van der Waals surface area contributed by atoms with Crippen molar-refractivity contribution in [1.82, 2.24) is 0 Å². The minimum Gasteiger partial charge on any atom is -0.310 e. The van der Waals surface area contributed by atoms with Gasteiger partial charge in [0.15, 0.2) is 0 Å². The Morgan fingerprint density at radius 2 is 0.607 bits per heavy atom. The zero-order chi connectivity index (χ0) is 40.5. The zero-order valence-corrected chi connectivity index (χ0v) is 33.6. The van der Waals surface area contributed by atoms with Crippen LogP contribution in [0.1, 0.15) is 0 Å². The number of nitrogens with zero attached hydrogens (tertiary/aromatic N) is 1. The van der Waals surface area contributed by atoms with E-state index in [0.717, 1.165) is 17.1 Å². The van der Waals surface area contributed by atoms with Crippen LogP contribution in [-0.2, 0) is 0 Å². The highest BCUT2D eigenvalue weighted by molar-refractivity contribution is 6.17. The van der Waals surface area contributed by atoms with E-state index in [9.17, 15) is 0 Å². The van der Waals surface area contributed by atoms with Crippen molar-refractivity contribution >= 4 is 49.4 Å². The molecule has 0 N–H and O–H groups in total. The average molecular weight is 776 g/mol. The lowest BCUT2D eigenvalue weighted by Crippen LogP contribution is -2.10. The minimum absolute atomic E-state index is 1.09. The van der Waals surface area contributed by atoms with Crippen molar-refractivity contribution in [1.29, 1.82) is 0 Å². The Balaban J connectivity index is 1.04. The van der Waals surface area contributed by atoms with Gasteiger partial charge in [0.05, 0.1) is 0 Å². The Morgan fingerprint density at radius 3 is 1.25 bits per heavy atom. The lowest BCUT2D eigenvalue weighted by molar-refractivity contribution is 1.28. The predicted molar refractivity (Wildman–Crippen MR) is 261 cm³/mol. The molecule has 0 aliphatic heterocycles. The predicted octanol–water partition coefficient (Wildman–Crippen LogP) is 17.0. The normalized spacial score (nSPS) is 11.3. The number of anilines is 3. The molecule has 61 heavy (non-hydrogen) atoms. The summed E-state index contributed by atoms with van der Waals surface area (Å²) in [5.41, 5.74) is 15.2. The van der Waals surface area contributed by atoms with Crippen molar-refractivity contribution in [3.05, 3.63) is 249 Å². The summed E-state index contributed by atoms with van der Waals surface area (Å²) in [6.07, 6.45) is 0. The van der Waals surface area contributed by atoms with E-state index < -0.39 is 0 Å². The van der Waals surface area contributed by atoms with Gasteiger partial charge in [0, 0.05) is 17.1 Å². The van der Waals surface area contributed by atoms with E-state index in [1.54, 1.807) is 0 Å². The highest BCUT2D eigenvalue weighted by Crippen LogP contribution is 2.43. The Morgan fingerprint density at radius 1 is 0.197 bits per heavy atom. The number of benzene rings is 11. The summed E-state index contributed by atoms with van der Waals surface area (Å²) in [5, 5.41) is 7.63. The molecule has 11 rings (SSSR count). The van der Waals surface area contributed by atoms with Crippen LogP contribution in [-0.4, -0.2) is 0 Å². The molecular weight excluding hydrogens is 735 g/mol. The molecule has 0 spiro atoms. The molecule has 0 unspecified atom stereocenters. The van der Waals surface area contributed by atoms with Crippen LogP contribution in [0, 0.1) is 0 Å². The van der Waals surface area contributed by atoms with Gasteiger partial charge in [-0.05, 0) is 130 Å². The average Bonchev–Trinajstić information content (AvgIpc) is 3.35. The molecule has 0 saturated heterocycles. The summed E-state index contributed by atoms with van der Waals surface area (Å²) in [5.74, 6) is 0. The fourth-order valence-corrected chi connectivity index (χ4v) is 9.05. The molecule has 0 bridgehead atoms. The second-order valence-electron chi connectivity index (χ2n) is 15.7. The third-order valence-corrected chi connectivity index (χ3v) is 12.1. The second-order valence-corrected chi connectivity index (χ2v) is 15.7. The van der Waals surface area contributed by atoms with Crippen molar-refractivity contribution in [2.24, 2.45) is 0 Å². The van der Waals surface area contributed by atoms with Crippen molar-refractivity contribution in [2.75, 3.05) is 4.90 Å². The smallest absolute Gasteiger partial charge is 0.0468 e. The lowest BCUT2D eigenvalue weighted by atomic mass is 9.91. The standard InChI is InChI=1S/C60H41N/c1-4-14-42(15-5-1)43-24-31-50(32-25-43)61(51-33-26-47(27-34-51)54-22-13-12-21-53(54)44-16-6-2-7-17-44)52-35-39-57(60(41-52)45-18-8-3-9-19-45)49-29-36-56-48(40-49)30-38-58-55-23-11-10-20-46(55)28-37-59(56)58/h1-41H. The van der Waals surface area contributed by atoms with Crippen molar-refractivity contribution in [3.8, 4) is 55.6 Å². The van der Waals surface area contributed by atoms with Gasteiger partial charge in [-0.25, -0.2) is 0 Å². The monoisotopic (exact) mass is 775 g/mol. The molecule has 286 valence electrons. The molecule has 1 heteroatoms. The second kappa shape index (κ2) is 15.6. The van der Waals surface area contributed by atoms with Gasteiger partial charge < -0.3 is 4.90 Å². The molecule has 0 atom stereocenters. The lowest BCUT2D eigenvalue weighted by Gasteiger charge is -2.27. The maximum atomic E-state index is 2.38. The molecule has 0 heterocycles. The van der Waals surface area contributed by atoms with Crippen LogP contribution < -0.4 is 4.90 Å². The summed E-state index contributed by atoms with van der Waals surface area (Å²) in [4.78, 5) is 2.38. The Bertz CT molecular complexity index is 3320. The Kier molecular flexibility index (Phi) is 9.26. The maximum absolute atomic E-state index is 2.38. The van der Waals surface area contributed by atoms with E-state index in [1.807, 2.05) is 0 Å². The molecule has 11 aromatic rings. The molecule has 0 fully saturated rings. The van der Waals surface area contributed by atoms with Gasteiger partial charge in [0.2, 0.25) is 0 Å². The van der Waals surface area contributed by atoms with Gasteiger partial charge in [-0.3, -0.25) is 0 Å². The van der Waals surface area contributed by atoms with E-state index in [-0.39, 0.29) is 0 Å².